The highest BCUT2D eigenvalue weighted by molar-refractivity contribution is 7.99. The summed E-state index contributed by atoms with van der Waals surface area (Å²) in [5.41, 5.74) is 5.10. The van der Waals surface area contributed by atoms with Crippen LogP contribution in [0.5, 0.6) is 11.5 Å². The van der Waals surface area contributed by atoms with E-state index in [1.54, 1.807) is 22.1 Å². The van der Waals surface area contributed by atoms with Crippen LogP contribution in [0.3, 0.4) is 0 Å². The summed E-state index contributed by atoms with van der Waals surface area (Å²) in [7, 11) is 0. The molecule has 38 heavy (non-hydrogen) atoms. The molecule has 1 aliphatic carbocycles. The molecule has 2 heterocycles. The van der Waals surface area contributed by atoms with Crippen molar-refractivity contribution in [3.8, 4) is 17.2 Å². The maximum absolute atomic E-state index is 13.8. The van der Waals surface area contributed by atoms with Crippen LogP contribution in [-0.4, -0.2) is 40.6 Å². The molecule has 10 heteroatoms. The molecule has 0 radical (unpaired) electrons. The smallest absolute Gasteiger partial charge is 0.267 e. The van der Waals surface area contributed by atoms with E-state index in [-0.39, 0.29) is 17.2 Å². The topological polar surface area (TPSA) is 94.8 Å². The van der Waals surface area contributed by atoms with Gasteiger partial charge < -0.3 is 9.47 Å². The minimum Gasteiger partial charge on any atom is -0.494 e. The number of thiophene rings is 1. The molecule has 2 aromatic carbocycles. The molecule has 0 saturated carbocycles. The zero-order valence-corrected chi connectivity index (χ0v) is 22.9. The Hall–Kier alpha value is -3.63. The molecule has 0 saturated heterocycles. The Labute approximate surface area is 228 Å². The first-order valence-corrected chi connectivity index (χ1v) is 14.4. The third kappa shape index (κ3) is 5.61. The van der Waals surface area contributed by atoms with Gasteiger partial charge in [-0.3, -0.25) is 14.2 Å². The fraction of sp³-hybridized carbons (Fsp3) is 0.286. The van der Waals surface area contributed by atoms with E-state index in [9.17, 15) is 9.59 Å². The summed E-state index contributed by atoms with van der Waals surface area (Å²) < 4.78 is 12.6. The number of carbonyl (C=O) groups excluding carboxylic acids is 1. The van der Waals surface area contributed by atoms with Gasteiger partial charge in [0.1, 0.15) is 16.3 Å². The minimum absolute atomic E-state index is 0.0562. The van der Waals surface area contributed by atoms with Gasteiger partial charge in [-0.1, -0.05) is 11.8 Å². The molecule has 1 N–H and O–H groups in total. The third-order valence-corrected chi connectivity index (χ3v) is 8.16. The monoisotopic (exact) mass is 548 g/mol. The molecule has 1 amide bonds. The summed E-state index contributed by atoms with van der Waals surface area (Å²) in [5.74, 6) is 1.28. The Kier molecular flexibility index (Phi) is 8.09. The van der Waals surface area contributed by atoms with Crippen LogP contribution in [0, 0.1) is 0 Å². The van der Waals surface area contributed by atoms with Crippen molar-refractivity contribution in [2.24, 2.45) is 5.10 Å². The second kappa shape index (κ2) is 11.8. The van der Waals surface area contributed by atoms with Crippen LogP contribution in [0.4, 0.5) is 0 Å². The highest BCUT2D eigenvalue weighted by Gasteiger charge is 2.24. The van der Waals surface area contributed by atoms with E-state index < -0.39 is 0 Å². The van der Waals surface area contributed by atoms with E-state index >= 15 is 0 Å². The van der Waals surface area contributed by atoms with Crippen LogP contribution in [0.1, 0.15) is 36.3 Å². The number of amides is 1. The Morgan fingerprint density at radius 2 is 1.76 bits per heavy atom. The highest BCUT2D eigenvalue weighted by Crippen LogP contribution is 2.36. The molecule has 0 atom stereocenters. The van der Waals surface area contributed by atoms with Gasteiger partial charge in [0.15, 0.2) is 5.16 Å². The van der Waals surface area contributed by atoms with Gasteiger partial charge in [-0.25, -0.2) is 10.4 Å². The van der Waals surface area contributed by atoms with Crippen molar-refractivity contribution in [2.45, 2.75) is 38.3 Å². The van der Waals surface area contributed by atoms with Crippen LogP contribution >= 0.6 is 23.1 Å². The number of rotatable bonds is 10. The van der Waals surface area contributed by atoms with E-state index in [1.807, 2.05) is 62.4 Å². The predicted molar refractivity (Wildman–Crippen MR) is 152 cm³/mol. The van der Waals surface area contributed by atoms with Gasteiger partial charge in [-0.15, -0.1) is 11.3 Å². The van der Waals surface area contributed by atoms with Crippen LogP contribution in [0.2, 0.25) is 0 Å². The summed E-state index contributed by atoms with van der Waals surface area (Å²) in [6.45, 7) is 5.02. The quantitative estimate of drug-likeness (QED) is 0.130. The minimum atomic E-state index is -0.293. The summed E-state index contributed by atoms with van der Waals surface area (Å²) in [6.07, 6.45) is 4.52. The number of aryl methyl sites for hydroxylation is 2. The number of aromatic nitrogens is 2. The molecule has 0 unspecified atom stereocenters. The van der Waals surface area contributed by atoms with Crippen LogP contribution < -0.4 is 20.5 Å². The average molecular weight is 549 g/mol. The van der Waals surface area contributed by atoms with E-state index in [4.69, 9.17) is 14.5 Å². The van der Waals surface area contributed by atoms with Gasteiger partial charge in [-0.2, -0.15) is 5.10 Å². The van der Waals surface area contributed by atoms with Gasteiger partial charge >= 0.3 is 0 Å². The Morgan fingerprint density at radius 3 is 2.45 bits per heavy atom. The molecule has 2 aromatic heterocycles. The number of ether oxygens (including phenoxy) is 2. The van der Waals surface area contributed by atoms with Crippen molar-refractivity contribution in [1.29, 1.82) is 0 Å². The van der Waals surface area contributed by atoms with E-state index in [0.717, 1.165) is 46.7 Å². The van der Waals surface area contributed by atoms with E-state index in [1.165, 1.54) is 16.6 Å². The fourth-order valence-electron chi connectivity index (χ4n) is 4.37. The molecule has 1 aliphatic rings. The van der Waals surface area contributed by atoms with Crippen molar-refractivity contribution < 1.29 is 14.3 Å². The zero-order chi connectivity index (χ0) is 26.5. The maximum atomic E-state index is 13.8. The molecule has 8 nitrogen and oxygen atoms in total. The van der Waals surface area contributed by atoms with Gasteiger partial charge in [0.25, 0.3) is 11.5 Å². The lowest BCUT2D eigenvalue weighted by Gasteiger charge is -2.13. The summed E-state index contributed by atoms with van der Waals surface area (Å²) in [4.78, 5) is 33.2. The standard InChI is InChI=1S/C28H28N4O4S2/c1-3-35-20-12-8-18(9-13-20)16-29-31-24(33)17-37-28-30-26-25(22-6-5-7-23(22)38-26)27(34)32(28)19-10-14-21(15-11-19)36-4-2/h8-16H,3-7,17H2,1-2H3,(H,31,33). The first kappa shape index (κ1) is 26.0. The van der Waals surface area contributed by atoms with Crippen molar-refractivity contribution in [2.75, 3.05) is 19.0 Å². The molecular weight excluding hydrogens is 520 g/mol. The Bertz CT molecular complexity index is 1530. The summed E-state index contributed by atoms with van der Waals surface area (Å²) in [5, 5.41) is 5.23. The number of thioether (sulfide) groups is 1. The van der Waals surface area contributed by atoms with E-state index in [0.29, 0.717) is 29.4 Å². The summed E-state index contributed by atoms with van der Waals surface area (Å²) >= 11 is 2.80. The van der Waals surface area contributed by atoms with Crippen LogP contribution in [-0.2, 0) is 17.6 Å². The zero-order valence-electron chi connectivity index (χ0n) is 21.2. The highest BCUT2D eigenvalue weighted by atomic mass is 32.2. The molecule has 5 rings (SSSR count). The molecule has 196 valence electrons. The second-order valence-electron chi connectivity index (χ2n) is 8.58. The van der Waals surface area contributed by atoms with E-state index in [2.05, 4.69) is 10.5 Å². The number of hydrogen-bond donors (Lipinski definition) is 1. The fourth-order valence-corrected chi connectivity index (χ4v) is 6.47. The van der Waals surface area contributed by atoms with Crippen LogP contribution in [0.15, 0.2) is 63.6 Å². The number of nitrogens with zero attached hydrogens (tertiary/aromatic N) is 3. The van der Waals surface area contributed by atoms with Gasteiger partial charge in [-0.05, 0) is 92.8 Å². The Morgan fingerprint density at radius 1 is 1.08 bits per heavy atom. The lowest BCUT2D eigenvalue weighted by molar-refractivity contribution is -0.118. The largest absolute Gasteiger partial charge is 0.494 e. The second-order valence-corrected chi connectivity index (χ2v) is 10.6. The van der Waals surface area contributed by atoms with Crippen LogP contribution in [0.25, 0.3) is 15.9 Å². The summed E-state index contributed by atoms with van der Waals surface area (Å²) in [6, 6.07) is 14.8. The van der Waals surface area contributed by atoms with Gasteiger partial charge in [0, 0.05) is 4.88 Å². The number of fused-ring (bicyclic) bond motifs is 3. The normalized spacial score (nSPS) is 12.7. The average Bonchev–Trinajstić information content (AvgIpc) is 3.51. The first-order chi connectivity index (χ1) is 18.6. The van der Waals surface area contributed by atoms with Crippen molar-refractivity contribution in [3.63, 3.8) is 0 Å². The maximum Gasteiger partial charge on any atom is 0.267 e. The molecule has 0 bridgehead atoms. The van der Waals surface area contributed by atoms with Gasteiger partial charge in [0.05, 0.1) is 36.3 Å². The third-order valence-electron chi connectivity index (χ3n) is 6.04. The molecule has 0 aliphatic heterocycles. The number of carbonyl (C=O) groups is 1. The lowest BCUT2D eigenvalue weighted by Crippen LogP contribution is -2.24. The number of benzene rings is 2. The lowest BCUT2D eigenvalue weighted by atomic mass is 10.2. The number of nitrogens with one attached hydrogen (secondary N) is 1. The molecule has 0 spiro atoms. The van der Waals surface area contributed by atoms with Crippen molar-refractivity contribution in [3.05, 3.63) is 74.9 Å². The molecule has 0 fully saturated rings. The number of hydrazone groups is 1. The predicted octanol–water partition coefficient (Wildman–Crippen LogP) is 4.98. The first-order valence-electron chi connectivity index (χ1n) is 12.6. The SMILES string of the molecule is CCOc1ccc(C=NNC(=O)CSc2nc3sc4c(c3c(=O)n2-c2ccc(OCC)cc2)CCC4)cc1. The van der Waals surface area contributed by atoms with Crippen molar-refractivity contribution >= 4 is 45.4 Å². The molecule has 4 aromatic rings. The van der Waals surface area contributed by atoms with Gasteiger partial charge in [0.2, 0.25) is 0 Å². The molecular formula is C28H28N4O4S2. The Balaban J connectivity index is 1.36. The number of hydrogen-bond acceptors (Lipinski definition) is 8. The van der Waals surface area contributed by atoms with Crippen molar-refractivity contribution in [1.82, 2.24) is 15.0 Å².